The Balaban J connectivity index is 1.56. The maximum Gasteiger partial charge on any atom is 0.266 e. The number of halogens is 1. The molecule has 0 radical (unpaired) electrons. The van der Waals surface area contributed by atoms with Crippen molar-refractivity contribution in [1.29, 1.82) is 0 Å². The summed E-state index contributed by atoms with van der Waals surface area (Å²) in [5.74, 6) is 0.999. The minimum absolute atomic E-state index is 0.112. The molecule has 5 rings (SSSR count). The maximum atomic E-state index is 15.2. The van der Waals surface area contributed by atoms with E-state index >= 15 is 4.39 Å². The smallest absolute Gasteiger partial charge is 0.266 e. The van der Waals surface area contributed by atoms with Crippen molar-refractivity contribution in [2.24, 2.45) is 11.7 Å². The van der Waals surface area contributed by atoms with E-state index in [2.05, 4.69) is 9.88 Å². The van der Waals surface area contributed by atoms with Crippen molar-refractivity contribution in [2.75, 3.05) is 26.7 Å². The summed E-state index contributed by atoms with van der Waals surface area (Å²) in [5.41, 5.74) is 8.60. The molecule has 32 heavy (non-hydrogen) atoms. The molecule has 0 saturated carbocycles. The van der Waals surface area contributed by atoms with E-state index in [-0.39, 0.29) is 11.4 Å². The summed E-state index contributed by atoms with van der Waals surface area (Å²) in [4.78, 5) is 17.7. The van der Waals surface area contributed by atoms with Gasteiger partial charge in [0.25, 0.3) is 5.56 Å². The second-order valence-corrected chi connectivity index (χ2v) is 9.36. The van der Waals surface area contributed by atoms with Gasteiger partial charge in [-0.15, -0.1) is 11.3 Å². The average Bonchev–Trinajstić information content (AvgIpc) is 3.31. The van der Waals surface area contributed by atoms with Gasteiger partial charge in [0.15, 0.2) is 0 Å². The van der Waals surface area contributed by atoms with Crippen LogP contribution in [0.4, 0.5) is 4.39 Å². The fourth-order valence-corrected chi connectivity index (χ4v) is 5.53. The lowest BCUT2D eigenvalue weighted by Gasteiger charge is -2.31. The maximum absolute atomic E-state index is 15.2. The number of rotatable bonds is 5. The molecular weight excluding hydrogens is 425 g/mol. The molecule has 1 aliphatic heterocycles. The number of likely N-dealkylation sites (tertiary alicyclic amines) is 1. The van der Waals surface area contributed by atoms with Crippen LogP contribution in [0.25, 0.3) is 32.1 Å². The van der Waals surface area contributed by atoms with Gasteiger partial charge in [0.1, 0.15) is 16.3 Å². The normalized spacial score (nSPS) is 15.6. The van der Waals surface area contributed by atoms with Crippen LogP contribution in [0.1, 0.15) is 18.4 Å². The highest BCUT2D eigenvalue weighted by molar-refractivity contribution is 7.17. The Kier molecular flexibility index (Phi) is 5.71. The highest BCUT2D eigenvalue weighted by atomic mass is 32.1. The van der Waals surface area contributed by atoms with Crippen LogP contribution < -0.4 is 16.0 Å². The van der Waals surface area contributed by atoms with E-state index in [0.717, 1.165) is 54.4 Å². The lowest BCUT2D eigenvalue weighted by molar-refractivity contribution is 0.178. The van der Waals surface area contributed by atoms with E-state index in [1.165, 1.54) is 11.3 Å². The van der Waals surface area contributed by atoms with E-state index < -0.39 is 0 Å². The minimum atomic E-state index is -0.228. The van der Waals surface area contributed by atoms with Crippen molar-refractivity contribution in [2.45, 2.75) is 19.4 Å². The van der Waals surface area contributed by atoms with Crippen molar-refractivity contribution in [1.82, 2.24) is 9.88 Å². The molecule has 2 aromatic heterocycles. The Labute approximate surface area is 189 Å². The first-order valence-corrected chi connectivity index (χ1v) is 11.8. The van der Waals surface area contributed by atoms with Crippen LogP contribution in [0.15, 0.2) is 46.6 Å². The molecule has 1 aliphatic rings. The second-order valence-electron chi connectivity index (χ2n) is 8.44. The number of piperidine rings is 1. The van der Waals surface area contributed by atoms with Gasteiger partial charge in [-0.2, -0.15) is 0 Å². The number of hydrogen-bond acceptors (Lipinski definition) is 5. The Bertz CT molecular complexity index is 1340. The molecule has 0 spiro atoms. The van der Waals surface area contributed by atoms with E-state index in [9.17, 15) is 4.79 Å². The molecule has 7 heteroatoms. The molecule has 0 aliphatic carbocycles. The summed E-state index contributed by atoms with van der Waals surface area (Å²) in [5, 5.41) is 3.63. The largest absolute Gasteiger partial charge is 0.496 e. The van der Waals surface area contributed by atoms with Crippen LogP contribution in [0, 0.1) is 11.7 Å². The molecule has 0 atom stereocenters. The van der Waals surface area contributed by atoms with Crippen LogP contribution in [0.5, 0.6) is 5.75 Å². The van der Waals surface area contributed by atoms with Gasteiger partial charge >= 0.3 is 0 Å². The molecule has 3 heterocycles. The first kappa shape index (κ1) is 21.1. The molecule has 0 bridgehead atoms. The summed E-state index contributed by atoms with van der Waals surface area (Å²) in [6, 6.07) is 11.0. The number of hydrogen-bond donors (Lipinski definition) is 2. The predicted octanol–water partition coefficient (Wildman–Crippen LogP) is 4.73. The summed E-state index contributed by atoms with van der Waals surface area (Å²) < 4.78 is 21.5. The van der Waals surface area contributed by atoms with Gasteiger partial charge in [-0.3, -0.25) is 9.69 Å². The fourth-order valence-electron chi connectivity index (χ4n) is 4.74. The Morgan fingerprint density at radius 2 is 2.03 bits per heavy atom. The third kappa shape index (κ3) is 3.70. The first-order chi connectivity index (χ1) is 15.6. The summed E-state index contributed by atoms with van der Waals surface area (Å²) in [7, 11) is 1.61. The standard InChI is InChI=1S/C25H26FN3O2S/c1-31-21-5-4-20-23(18-8-11-32-24(18)25(30)28-20)22(21)16-2-3-17(19(26)12-16)14-29-9-6-15(13-27)7-10-29/h2-5,8,11-12,15H,6-7,9-10,13-14,27H2,1H3,(H,28,30). The lowest BCUT2D eigenvalue weighted by Crippen LogP contribution is -2.35. The average molecular weight is 452 g/mol. The van der Waals surface area contributed by atoms with Crippen molar-refractivity contribution in [3.05, 3.63) is 63.5 Å². The number of nitrogens with one attached hydrogen (secondary N) is 1. The van der Waals surface area contributed by atoms with E-state index in [4.69, 9.17) is 10.5 Å². The predicted molar refractivity (Wildman–Crippen MR) is 129 cm³/mol. The SMILES string of the molecule is COc1ccc2[nH]c(=O)c3sccc3c2c1-c1ccc(CN2CCC(CN)CC2)c(F)c1. The highest BCUT2D eigenvalue weighted by Gasteiger charge is 2.21. The third-order valence-electron chi connectivity index (χ3n) is 6.55. The molecule has 3 N–H and O–H groups in total. The Morgan fingerprint density at radius 3 is 2.75 bits per heavy atom. The number of fused-ring (bicyclic) bond motifs is 3. The zero-order valence-corrected chi connectivity index (χ0v) is 18.8. The van der Waals surface area contributed by atoms with Crippen LogP contribution in [-0.4, -0.2) is 36.6 Å². The summed E-state index contributed by atoms with van der Waals surface area (Å²) in [6.45, 7) is 3.22. The van der Waals surface area contributed by atoms with Gasteiger partial charge in [-0.05, 0) is 73.6 Å². The number of aromatic nitrogens is 1. The van der Waals surface area contributed by atoms with E-state index in [0.29, 0.717) is 34.0 Å². The second kappa shape index (κ2) is 8.65. The van der Waals surface area contributed by atoms with Gasteiger partial charge in [-0.1, -0.05) is 12.1 Å². The molecule has 4 aromatic rings. The molecule has 1 fully saturated rings. The monoisotopic (exact) mass is 451 g/mol. The van der Waals surface area contributed by atoms with Gasteiger partial charge in [0.2, 0.25) is 0 Å². The molecule has 5 nitrogen and oxygen atoms in total. The molecule has 1 saturated heterocycles. The number of benzene rings is 2. The molecule has 2 aromatic carbocycles. The first-order valence-electron chi connectivity index (χ1n) is 10.9. The molecular formula is C25H26FN3O2S. The van der Waals surface area contributed by atoms with Crippen molar-refractivity contribution < 1.29 is 9.13 Å². The summed E-state index contributed by atoms with van der Waals surface area (Å²) in [6.07, 6.45) is 2.14. The van der Waals surface area contributed by atoms with Crippen LogP contribution in [0.3, 0.4) is 0 Å². The lowest BCUT2D eigenvalue weighted by atomic mass is 9.95. The molecule has 166 valence electrons. The third-order valence-corrected chi connectivity index (χ3v) is 7.47. The number of thiophene rings is 1. The molecule has 0 amide bonds. The summed E-state index contributed by atoms with van der Waals surface area (Å²) >= 11 is 1.40. The zero-order chi connectivity index (χ0) is 22.2. The minimum Gasteiger partial charge on any atom is -0.496 e. The number of aromatic amines is 1. The van der Waals surface area contributed by atoms with E-state index in [1.54, 1.807) is 13.2 Å². The Hall–Kier alpha value is -2.74. The van der Waals surface area contributed by atoms with Gasteiger partial charge < -0.3 is 15.5 Å². The van der Waals surface area contributed by atoms with Gasteiger partial charge in [0.05, 0.1) is 7.11 Å². The number of H-pyrrole nitrogens is 1. The van der Waals surface area contributed by atoms with Crippen molar-refractivity contribution in [3.63, 3.8) is 0 Å². The highest BCUT2D eigenvalue weighted by Crippen LogP contribution is 2.40. The van der Waals surface area contributed by atoms with Crippen molar-refractivity contribution >= 4 is 32.3 Å². The van der Waals surface area contributed by atoms with Crippen LogP contribution in [-0.2, 0) is 6.54 Å². The number of ether oxygens (including phenoxy) is 1. The van der Waals surface area contributed by atoms with Gasteiger partial charge in [0, 0.05) is 34.0 Å². The van der Waals surface area contributed by atoms with E-state index in [1.807, 2.05) is 35.7 Å². The van der Waals surface area contributed by atoms with Crippen LogP contribution in [0.2, 0.25) is 0 Å². The zero-order valence-electron chi connectivity index (χ0n) is 18.0. The number of nitrogens with two attached hydrogens (primary N) is 1. The number of pyridine rings is 1. The quantitative estimate of drug-likeness (QED) is 0.460. The fraction of sp³-hybridized carbons (Fsp3) is 0.320. The number of methoxy groups -OCH3 is 1. The van der Waals surface area contributed by atoms with Crippen LogP contribution >= 0.6 is 11.3 Å². The molecule has 0 unspecified atom stereocenters. The van der Waals surface area contributed by atoms with Crippen molar-refractivity contribution in [3.8, 4) is 16.9 Å². The number of nitrogens with zero attached hydrogens (tertiary/aromatic N) is 1. The van der Waals surface area contributed by atoms with Gasteiger partial charge in [-0.25, -0.2) is 4.39 Å². The topological polar surface area (TPSA) is 71.4 Å². The Morgan fingerprint density at radius 1 is 1.22 bits per heavy atom.